The predicted octanol–water partition coefficient (Wildman–Crippen LogP) is 2.91. The fraction of sp³-hybridized carbons (Fsp3) is 0.600. The van der Waals surface area contributed by atoms with Crippen LogP contribution in [0.4, 0.5) is 0 Å². The summed E-state index contributed by atoms with van der Waals surface area (Å²) in [4.78, 5) is 0. The number of nitrogens with two attached hydrogens (primary N) is 1. The van der Waals surface area contributed by atoms with Crippen molar-refractivity contribution in [2.45, 2.75) is 39.3 Å². The number of hydrogen-bond donors (Lipinski definition) is 1. The van der Waals surface area contributed by atoms with Crippen LogP contribution >= 0.6 is 0 Å². The molecule has 0 fully saturated rings. The fourth-order valence-electron chi connectivity index (χ4n) is 1.59. The first-order valence-corrected chi connectivity index (χ1v) is 6.54. The van der Waals surface area contributed by atoms with Crippen LogP contribution in [0.5, 0.6) is 11.5 Å². The van der Waals surface area contributed by atoms with Gasteiger partial charge in [0, 0.05) is 6.04 Å². The molecule has 1 rings (SSSR count). The Morgan fingerprint density at radius 3 is 2.37 bits per heavy atom. The van der Waals surface area contributed by atoms with E-state index < -0.39 is 0 Å². The van der Waals surface area contributed by atoms with Crippen molar-refractivity contribution in [3.63, 3.8) is 0 Å². The second-order valence-corrected chi connectivity index (χ2v) is 5.51. The van der Waals surface area contributed by atoms with Crippen molar-refractivity contribution in [3.05, 3.63) is 23.8 Å². The maximum absolute atomic E-state index is 5.84. The summed E-state index contributed by atoms with van der Waals surface area (Å²) in [5, 5.41) is 0. The quantitative estimate of drug-likeness (QED) is 0.805. The first-order valence-electron chi connectivity index (χ1n) is 6.54. The highest BCUT2D eigenvalue weighted by atomic mass is 16.5. The van der Waals surface area contributed by atoms with Crippen molar-refractivity contribution in [1.29, 1.82) is 0 Å². The molecule has 4 nitrogen and oxygen atoms in total. The number of rotatable bonds is 6. The number of ether oxygens (including phenoxy) is 3. The predicted molar refractivity (Wildman–Crippen MR) is 76.8 cm³/mol. The minimum absolute atomic E-state index is 0.0211. The summed E-state index contributed by atoms with van der Waals surface area (Å²) in [6.45, 7) is 9.03. The van der Waals surface area contributed by atoms with Crippen molar-refractivity contribution in [1.82, 2.24) is 0 Å². The summed E-state index contributed by atoms with van der Waals surface area (Å²) in [5.41, 5.74) is 6.72. The molecular formula is C15H25NO3. The van der Waals surface area contributed by atoms with Crippen molar-refractivity contribution in [2.24, 2.45) is 5.73 Å². The van der Waals surface area contributed by atoms with Gasteiger partial charge in [-0.3, -0.25) is 0 Å². The van der Waals surface area contributed by atoms with Gasteiger partial charge in [0.05, 0.1) is 19.3 Å². The Hall–Kier alpha value is -1.26. The molecule has 1 unspecified atom stereocenters. The molecule has 4 heteroatoms. The van der Waals surface area contributed by atoms with E-state index in [9.17, 15) is 0 Å². The summed E-state index contributed by atoms with van der Waals surface area (Å²) < 4.78 is 16.6. The molecule has 19 heavy (non-hydrogen) atoms. The molecule has 108 valence electrons. The second kappa shape index (κ2) is 6.78. The van der Waals surface area contributed by atoms with E-state index in [0.29, 0.717) is 24.7 Å². The van der Waals surface area contributed by atoms with Crippen LogP contribution in [-0.4, -0.2) is 25.9 Å². The van der Waals surface area contributed by atoms with Gasteiger partial charge in [0.2, 0.25) is 0 Å². The standard InChI is InChI=1S/C15H25NO3/c1-11(16)12-6-7-13(14(10-12)17-5)18-8-9-19-15(2,3)4/h6-7,10-11H,8-9,16H2,1-5H3. The average Bonchev–Trinajstić information content (AvgIpc) is 2.33. The molecular weight excluding hydrogens is 242 g/mol. The smallest absolute Gasteiger partial charge is 0.161 e. The zero-order valence-corrected chi connectivity index (χ0v) is 12.5. The largest absolute Gasteiger partial charge is 0.493 e. The van der Waals surface area contributed by atoms with Gasteiger partial charge >= 0.3 is 0 Å². The highest BCUT2D eigenvalue weighted by Gasteiger charge is 2.11. The van der Waals surface area contributed by atoms with Crippen LogP contribution in [0.1, 0.15) is 39.3 Å². The summed E-state index contributed by atoms with van der Waals surface area (Å²) >= 11 is 0. The minimum Gasteiger partial charge on any atom is -0.493 e. The average molecular weight is 267 g/mol. The first kappa shape index (κ1) is 15.8. The van der Waals surface area contributed by atoms with Gasteiger partial charge in [-0.2, -0.15) is 0 Å². The molecule has 0 aliphatic heterocycles. The van der Waals surface area contributed by atoms with Crippen molar-refractivity contribution in [2.75, 3.05) is 20.3 Å². The third-order valence-electron chi connectivity index (χ3n) is 2.59. The van der Waals surface area contributed by atoms with Crippen molar-refractivity contribution in [3.8, 4) is 11.5 Å². The zero-order chi connectivity index (χ0) is 14.5. The summed E-state index contributed by atoms with van der Waals surface area (Å²) in [7, 11) is 1.62. The molecule has 0 heterocycles. The van der Waals surface area contributed by atoms with Crippen LogP contribution in [0.3, 0.4) is 0 Å². The van der Waals surface area contributed by atoms with Gasteiger partial charge in [-0.05, 0) is 45.4 Å². The molecule has 0 bridgehead atoms. The molecule has 0 aromatic heterocycles. The highest BCUT2D eigenvalue weighted by Crippen LogP contribution is 2.29. The molecule has 0 aliphatic rings. The molecule has 0 saturated carbocycles. The van der Waals surface area contributed by atoms with E-state index in [4.69, 9.17) is 19.9 Å². The number of benzene rings is 1. The summed E-state index contributed by atoms with van der Waals surface area (Å²) in [6, 6.07) is 5.72. The van der Waals surface area contributed by atoms with Gasteiger partial charge in [0.1, 0.15) is 6.61 Å². The van der Waals surface area contributed by atoms with Gasteiger partial charge in [-0.25, -0.2) is 0 Å². The third kappa shape index (κ3) is 5.49. The van der Waals surface area contributed by atoms with E-state index in [1.807, 2.05) is 45.9 Å². The number of hydrogen-bond acceptors (Lipinski definition) is 4. The van der Waals surface area contributed by atoms with Crippen LogP contribution in [0.15, 0.2) is 18.2 Å². The Balaban J connectivity index is 2.58. The molecule has 0 spiro atoms. The molecule has 1 aromatic carbocycles. The van der Waals surface area contributed by atoms with Crippen LogP contribution in [0.2, 0.25) is 0 Å². The SMILES string of the molecule is COc1cc(C(C)N)ccc1OCCOC(C)(C)C. The van der Waals surface area contributed by atoms with Gasteiger partial charge in [-0.1, -0.05) is 6.07 Å². The Bertz CT molecular complexity index is 397. The Morgan fingerprint density at radius 2 is 1.84 bits per heavy atom. The maximum atomic E-state index is 5.84. The Labute approximate surface area is 115 Å². The highest BCUT2D eigenvalue weighted by molar-refractivity contribution is 5.43. The van der Waals surface area contributed by atoms with Crippen molar-refractivity contribution < 1.29 is 14.2 Å². The maximum Gasteiger partial charge on any atom is 0.161 e. The van der Waals surface area contributed by atoms with Crippen molar-refractivity contribution >= 4 is 0 Å². The minimum atomic E-state index is -0.147. The second-order valence-electron chi connectivity index (χ2n) is 5.51. The molecule has 0 saturated heterocycles. The van der Waals surface area contributed by atoms with E-state index in [1.54, 1.807) is 7.11 Å². The Kier molecular flexibility index (Phi) is 5.63. The van der Waals surface area contributed by atoms with Crippen LogP contribution < -0.4 is 15.2 Å². The third-order valence-corrected chi connectivity index (χ3v) is 2.59. The lowest BCUT2D eigenvalue weighted by Gasteiger charge is -2.20. The topological polar surface area (TPSA) is 53.7 Å². The molecule has 0 aliphatic carbocycles. The van der Waals surface area contributed by atoms with E-state index >= 15 is 0 Å². The van der Waals surface area contributed by atoms with E-state index in [0.717, 1.165) is 5.56 Å². The van der Waals surface area contributed by atoms with Gasteiger partial charge < -0.3 is 19.9 Å². The normalized spacial score (nSPS) is 13.2. The lowest BCUT2D eigenvalue weighted by atomic mass is 10.1. The number of methoxy groups -OCH3 is 1. The first-order chi connectivity index (χ1) is 8.83. The fourth-order valence-corrected chi connectivity index (χ4v) is 1.59. The van der Waals surface area contributed by atoms with Crippen LogP contribution in [-0.2, 0) is 4.74 Å². The van der Waals surface area contributed by atoms with Crippen LogP contribution in [0, 0.1) is 0 Å². The Morgan fingerprint density at radius 1 is 1.16 bits per heavy atom. The van der Waals surface area contributed by atoms with E-state index in [1.165, 1.54) is 0 Å². The van der Waals surface area contributed by atoms with Gasteiger partial charge in [0.15, 0.2) is 11.5 Å². The summed E-state index contributed by atoms with van der Waals surface area (Å²) in [6.07, 6.45) is 0. The molecule has 1 atom stereocenters. The molecule has 0 radical (unpaired) electrons. The summed E-state index contributed by atoms with van der Waals surface area (Å²) in [5.74, 6) is 1.41. The lowest BCUT2D eigenvalue weighted by Crippen LogP contribution is -2.22. The van der Waals surface area contributed by atoms with Gasteiger partial charge in [0.25, 0.3) is 0 Å². The van der Waals surface area contributed by atoms with Crippen LogP contribution in [0.25, 0.3) is 0 Å². The lowest BCUT2D eigenvalue weighted by molar-refractivity contribution is -0.0165. The van der Waals surface area contributed by atoms with E-state index in [2.05, 4.69) is 0 Å². The molecule has 2 N–H and O–H groups in total. The zero-order valence-electron chi connectivity index (χ0n) is 12.5. The monoisotopic (exact) mass is 267 g/mol. The van der Waals surface area contributed by atoms with Gasteiger partial charge in [-0.15, -0.1) is 0 Å². The molecule has 1 aromatic rings. The van der Waals surface area contributed by atoms with E-state index in [-0.39, 0.29) is 11.6 Å². The molecule has 0 amide bonds.